The van der Waals surface area contributed by atoms with Gasteiger partial charge in [-0.2, -0.15) is 0 Å². The van der Waals surface area contributed by atoms with E-state index in [1.807, 2.05) is 18.2 Å². The molecule has 0 spiro atoms. The normalized spacial score (nSPS) is 20.7. The molecule has 3 N–H and O–H groups in total. The molecule has 1 aliphatic rings. The summed E-state index contributed by atoms with van der Waals surface area (Å²) in [5, 5.41) is 9.64. The van der Waals surface area contributed by atoms with E-state index in [4.69, 9.17) is 9.47 Å². The Morgan fingerprint density at radius 2 is 1.91 bits per heavy atom. The Morgan fingerprint density at radius 1 is 1.22 bits per heavy atom. The fraction of sp³-hybridized carbons (Fsp3) is 0.588. The lowest BCUT2D eigenvalue weighted by atomic mass is 9.92. The molecule has 0 unspecified atom stereocenters. The molecule has 1 saturated heterocycles. The van der Waals surface area contributed by atoms with Crippen LogP contribution in [0.15, 0.2) is 18.2 Å². The molecule has 6 heteroatoms. The van der Waals surface area contributed by atoms with Crippen molar-refractivity contribution in [3.63, 3.8) is 0 Å². The summed E-state index contributed by atoms with van der Waals surface area (Å²) in [6.07, 6.45) is 1.82. The predicted octanol–water partition coefficient (Wildman–Crippen LogP) is 1.62. The first-order chi connectivity index (χ1) is 11.1. The van der Waals surface area contributed by atoms with E-state index in [0.717, 1.165) is 36.6 Å². The second kappa shape index (κ2) is 8.62. The molecule has 2 rings (SSSR count). The fourth-order valence-electron chi connectivity index (χ4n) is 2.82. The van der Waals surface area contributed by atoms with Crippen molar-refractivity contribution < 1.29 is 14.3 Å². The minimum atomic E-state index is 0.128. The Kier molecular flexibility index (Phi) is 6.52. The van der Waals surface area contributed by atoms with E-state index in [1.165, 1.54) is 0 Å². The number of carbonyl (C=O) groups is 1. The van der Waals surface area contributed by atoms with E-state index in [2.05, 4.69) is 22.9 Å². The van der Waals surface area contributed by atoms with Gasteiger partial charge in [-0.15, -0.1) is 0 Å². The number of benzene rings is 1. The molecule has 0 aliphatic carbocycles. The van der Waals surface area contributed by atoms with Crippen LogP contribution in [-0.4, -0.2) is 45.8 Å². The zero-order chi connectivity index (χ0) is 16.7. The van der Waals surface area contributed by atoms with Gasteiger partial charge in [0.1, 0.15) is 11.5 Å². The van der Waals surface area contributed by atoms with Gasteiger partial charge in [-0.05, 0) is 26.3 Å². The average Bonchev–Trinajstić information content (AvgIpc) is 2.58. The molecule has 0 aromatic heterocycles. The second-order valence-corrected chi connectivity index (χ2v) is 5.90. The van der Waals surface area contributed by atoms with Crippen molar-refractivity contribution in [3.05, 3.63) is 18.2 Å². The van der Waals surface area contributed by atoms with Crippen LogP contribution in [0.2, 0.25) is 0 Å². The highest BCUT2D eigenvalue weighted by Crippen LogP contribution is 2.25. The van der Waals surface area contributed by atoms with Crippen LogP contribution in [0.4, 0.5) is 5.69 Å². The Bertz CT molecular complexity index is 500. The summed E-state index contributed by atoms with van der Waals surface area (Å²) in [6.45, 7) is 4.29. The summed E-state index contributed by atoms with van der Waals surface area (Å²) in [6, 6.07) is 6.05. The number of ether oxygens (including phenoxy) is 2. The number of nitrogens with one attached hydrogen (secondary N) is 3. The van der Waals surface area contributed by atoms with Crippen LogP contribution >= 0.6 is 0 Å². The molecular weight excluding hydrogens is 294 g/mol. The van der Waals surface area contributed by atoms with Crippen LogP contribution in [0.5, 0.6) is 11.5 Å². The first kappa shape index (κ1) is 17.4. The van der Waals surface area contributed by atoms with Gasteiger partial charge in [0.15, 0.2) is 0 Å². The first-order valence-corrected chi connectivity index (χ1v) is 8.10. The zero-order valence-corrected chi connectivity index (χ0v) is 14.1. The van der Waals surface area contributed by atoms with E-state index in [9.17, 15) is 4.79 Å². The number of piperidine rings is 1. The topological polar surface area (TPSA) is 71.6 Å². The molecule has 1 aliphatic heterocycles. The molecule has 0 bridgehead atoms. The van der Waals surface area contributed by atoms with Crippen LogP contribution in [0.25, 0.3) is 0 Å². The van der Waals surface area contributed by atoms with Crippen LogP contribution in [0.1, 0.15) is 19.8 Å². The third-order valence-electron chi connectivity index (χ3n) is 4.10. The summed E-state index contributed by atoms with van der Waals surface area (Å²) in [5.41, 5.74) is 0.908. The smallest absolute Gasteiger partial charge is 0.223 e. The third kappa shape index (κ3) is 5.32. The number of hydrogen-bond donors (Lipinski definition) is 3. The highest BCUT2D eigenvalue weighted by molar-refractivity contribution is 5.78. The van der Waals surface area contributed by atoms with Crippen LogP contribution in [0, 0.1) is 5.92 Å². The maximum atomic E-state index is 12.1. The quantitative estimate of drug-likeness (QED) is 0.666. The Hall–Kier alpha value is -1.95. The van der Waals surface area contributed by atoms with E-state index in [-0.39, 0.29) is 11.8 Å². The highest BCUT2D eigenvalue weighted by Gasteiger charge is 2.24. The summed E-state index contributed by atoms with van der Waals surface area (Å²) < 4.78 is 10.5. The number of rotatable bonds is 7. The Labute approximate surface area is 137 Å². The van der Waals surface area contributed by atoms with Crippen molar-refractivity contribution in [1.82, 2.24) is 10.6 Å². The average molecular weight is 321 g/mol. The van der Waals surface area contributed by atoms with Crippen LogP contribution in [-0.2, 0) is 4.79 Å². The van der Waals surface area contributed by atoms with Gasteiger partial charge in [0.05, 0.1) is 14.2 Å². The first-order valence-electron chi connectivity index (χ1n) is 8.10. The maximum Gasteiger partial charge on any atom is 0.223 e. The number of carbonyl (C=O) groups excluding carboxylic acids is 1. The van der Waals surface area contributed by atoms with Crippen molar-refractivity contribution in [3.8, 4) is 11.5 Å². The highest BCUT2D eigenvalue weighted by atomic mass is 16.5. The van der Waals surface area contributed by atoms with Gasteiger partial charge >= 0.3 is 0 Å². The van der Waals surface area contributed by atoms with E-state index in [0.29, 0.717) is 19.1 Å². The standard InChI is InChI=1S/C17H27N3O3/c1-12-8-13(4-5-18-12)17(21)20-7-6-19-14-9-15(22-2)11-16(10-14)23-3/h9-13,18-19H,4-8H2,1-3H3,(H,20,21)/t12-,13-/m0/s1. The molecule has 6 nitrogen and oxygen atoms in total. The van der Waals surface area contributed by atoms with Gasteiger partial charge < -0.3 is 25.4 Å². The largest absolute Gasteiger partial charge is 0.497 e. The number of anilines is 1. The van der Waals surface area contributed by atoms with E-state index < -0.39 is 0 Å². The van der Waals surface area contributed by atoms with E-state index in [1.54, 1.807) is 14.2 Å². The minimum absolute atomic E-state index is 0.128. The van der Waals surface area contributed by atoms with Gasteiger partial charge in [-0.3, -0.25) is 4.79 Å². The molecule has 1 heterocycles. The summed E-state index contributed by atoms with van der Waals surface area (Å²) >= 11 is 0. The second-order valence-electron chi connectivity index (χ2n) is 5.90. The van der Waals surface area contributed by atoms with Gasteiger partial charge in [0.25, 0.3) is 0 Å². The third-order valence-corrected chi connectivity index (χ3v) is 4.10. The Balaban J connectivity index is 1.75. The summed E-state index contributed by atoms with van der Waals surface area (Å²) in [5.74, 6) is 1.76. The molecule has 1 fully saturated rings. The summed E-state index contributed by atoms with van der Waals surface area (Å²) in [7, 11) is 3.25. The SMILES string of the molecule is COc1cc(NCCNC(=O)[C@H]2CCN[C@@H](C)C2)cc(OC)c1. The lowest BCUT2D eigenvalue weighted by Gasteiger charge is -2.27. The fourth-order valence-corrected chi connectivity index (χ4v) is 2.82. The molecule has 0 radical (unpaired) electrons. The van der Waals surface area contributed by atoms with Crippen LogP contribution < -0.4 is 25.4 Å². The molecule has 128 valence electrons. The molecule has 1 aromatic rings. The molecule has 1 amide bonds. The number of methoxy groups -OCH3 is 2. The molecule has 2 atom stereocenters. The van der Waals surface area contributed by atoms with Crippen molar-refractivity contribution in [2.75, 3.05) is 39.2 Å². The van der Waals surface area contributed by atoms with Crippen molar-refractivity contribution in [2.24, 2.45) is 5.92 Å². The van der Waals surface area contributed by atoms with Crippen molar-refractivity contribution in [1.29, 1.82) is 0 Å². The minimum Gasteiger partial charge on any atom is -0.497 e. The van der Waals surface area contributed by atoms with Gasteiger partial charge in [-0.25, -0.2) is 0 Å². The summed E-state index contributed by atoms with van der Waals surface area (Å²) in [4.78, 5) is 12.1. The van der Waals surface area contributed by atoms with Crippen molar-refractivity contribution >= 4 is 11.6 Å². The number of amides is 1. The maximum absolute atomic E-state index is 12.1. The van der Waals surface area contributed by atoms with E-state index >= 15 is 0 Å². The van der Waals surface area contributed by atoms with Gasteiger partial charge in [0.2, 0.25) is 5.91 Å². The predicted molar refractivity (Wildman–Crippen MR) is 91.2 cm³/mol. The molecular formula is C17H27N3O3. The van der Waals surface area contributed by atoms with Gasteiger partial charge in [0, 0.05) is 48.9 Å². The molecule has 23 heavy (non-hydrogen) atoms. The zero-order valence-electron chi connectivity index (χ0n) is 14.1. The monoisotopic (exact) mass is 321 g/mol. The Morgan fingerprint density at radius 3 is 2.52 bits per heavy atom. The molecule has 1 aromatic carbocycles. The lowest BCUT2D eigenvalue weighted by Crippen LogP contribution is -2.43. The number of hydrogen-bond acceptors (Lipinski definition) is 5. The molecule has 0 saturated carbocycles. The van der Waals surface area contributed by atoms with Gasteiger partial charge in [-0.1, -0.05) is 0 Å². The lowest BCUT2D eigenvalue weighted by molar-refractivity contribution is -0.125. The van der Waals surface area contributed by atoms with Crippen molar-refractivity contribution in [2.45, 2.75) is 25.8 Å². The van der Waals surface area contributed by atoms with Crippen LogP contribution in [0.3, 0.4) is 0 Å².